The monoisotopic (exact) mass is 297 g/mol. The Bertz CT molecular complexity index is 553. The van der Waals surface area contributed by atoms with Crippen molar-refractivity contribution in [1.82, 2.24) is 5.32 Å². The largest absolute Gasteiger partial charge is 0.334 e. The molecule has 0 saturated heterocycles. The number of nitrogens with one attached hydrogen (secondary N) is 3. The second kappa shape index (κ2) is 7.54. The molecule has 1 aromatic rings. The Balaban J connectivity index is 2.60. The van der Waals surface area contributed by atoms with Crippen LogP contribution in [0.15, 0.2) is 36.9 Å². The number of benzene rings is 1. The Morgan fingerprint density at radius 2 is 1.85 bits per heavy atom. The maximum absolute atomic E-state index is 11.6. The van der Waals surface area contributed by atoms with Crippen molar-refractivity contribution in [3.8, 4) is 0 Å². The Hall–Kier alpha value is -2.02. The molecule has 0 aliphatic carbocycles. The summed E-state index contributed by atoms with van der Waals surface area (Å²) in [5.41, 5.74) is 1.04. The number of carbonyl (C=O) groups is 1. The summed E-state index contributed by atoms with van der Waals surface area (Å²) in [7, 11) is -3.29. The molecule has 1 aromatic carbocycles. The lowest BCUT2D eigenvalue weighted by atomic mass is 10.3. The number of hydrogen-bond acceptors (Lipinski definition) is 3. The molecule has 20 heavy (non-hydrogen) atoms. The second-order valence-corrected chi connectivity index (χ2v) is 5.96. The summed E-state index contributed by atoms with van der Waals surface area (Å²) in [6.45, 7) is 5.67. The lowest BCUT2D eigenvalue weighted by molar-refractivity contribution is 0.253. The van der Waals surface area contributed by atoms with Gasteiger partial charge in [0.05, 0.1) is 5.75 Å². The lowest BCUT2D eigenvalue weighted by Gasteiger charge is -2.09. The topological polar surface area (TPSA) is 87.3 Å². The third-order valence-corrected chi connectivity index (χ3v) is 3.79. The molecule has 0 aliphatic rings. The molecule has 0 saturated carbocycles. The minimum atomic E-state index is -3.29. The highest BCUT2D eigenvalue weighted by Crippen LogP contribution is 2.15. The van der Waals surface area contributed by atoms with Crippen molar-refractivity contribution in [1.29, 1.82) is 0 Å². The van der Waals surface area contributed by atoms with E-state index in [-0.39, 0.29) is 11.8 Å². The Morgan fingerprint density at radius 1 is 1.25 bits per heavy atom. The van der Waals surface area contributed by atoms with Crippen LogP contribution >= 0.6 is 0 Å². The van der Waals surface area contributed by atoms with Crippen molar-refractivity contribution in [2.75, 3.05) is 22.3 Å². The molecular formula is C13H19N3O3S. The van der Waals surface area contributed by atoms with E-state index in [0.29, 0.717) is 24.3 Å². The molecule has 0 heterocycles. The molecule has 0 bridgehead atoms. The molecule has 7 heteroatoms. The summed E-state index contributed by atoms with van der Waals surface area (Å²) in [6.07, 6.45) is 2.13. The standard InChI is InChI=1S/C13H19N3O3S/c1-3-9-14-13(17)15-11-5-7-12(8-6-11)16-20(18,19)10-4-2/h3,5-8,16H,1,4,9-10H2,2H3,(H2,14,15,17). The van der Waals surface area contributed by atoms with Gasteiger partial charge in [0.2, 0.25) is 10.0 Å². The van der Waals surface area contributed by atoms with E-state index in [1.165, 1.54) is 0 Å². The molecule has 0 fully saturated rings. The number of rotatable bonds is 7. The lowest BCUT2D eigenvalue weighted by Crippen LogP contribution is -2.28. The first-order valence-corrected chi connectivity index (χ1v) is 7.88. The highest BCUT2D eigenvalue weighted by molar-refractivity contribution is 7.92. The normalized spacial score (nSPS) is 10.7. The van der Waals surface area contributed by atoms with Crippen LogP contribution in [0.1, 0.15) is 13.3 Å². The quantitative estimate of drug-likeness (QED) is 0.674. The van der Waals surface area contributed by atoms with Crippen molar-refractivity contribution in [2.45, 2.75) is 13.3 Å². The van der Waals surface area contributed by atoms with E-state index in [1.807, 2.05) is 0 Å². The first kappa shape index (κ1) is 16.0. The Morgan fingerprint density at radius 3 is 2.40 bits per heavy atom. The van der Waals surface area contributed by atoms with E-state index < -0.39 is 10.0 Å². The highest BCUT2D eigenvalue weighted by Gasteiger charge is 2.08. The maximum atomic E-state index is 11.6. The van der Waals surface area contributed by atoms with Crippen LogP contribution < -0.4 is 15.4 Å². The van der Waals surface area contributed by atoms with Gasteiger partial charge in [-0.05, 0) is 30.7 Å². The number of urea groups is 1. The third kappa shape index (κ3) is 5.75. The number of anilines is 2. The SMILES string of the molecule is C=CCNC(=O)Nc1ccc(NS(=O)(=O)CCC)cc1. The molecular weight excluding hydrogens is 278 g/mol. The fraction of sp³-hybridized carbons (Fsp3) is 0.308. The third-order valence-electron chi connectivity index (χ3n) is 2.30. The van der Waals surface area contributed by atoms with E-state index in [1.54, 1.807) is 37.3 Å². The van der Waals surface area contributed by atoms with Crippen LogP contribution in [0.25, 0.3) is 0 Å². The van der Waals surface area contributed by atoms with Gasteiger partial charge in [-0.3, -0.25) is 4.72 Å². The number of carbonyl (C=O) groups excluding carboxylic acids is 1. The average Bonchev–Trinajstić information content (AvgIpc) is 2.38. The van der Waals surface area contributed by atoms with Crippen LogP contribution in [0, 0.1) is 0 Å². The average molecular weight is 297 g/mol. The molecule has 0 aliphatic heterocycles. The Kier molecular flexibility index (Phi) is 6.05. The molecule has 0 atom stereocenters. The summed E-state index contributed by atoms with van der Waals surface area (Å²) in [4.78, 5) is 11.4. The van der Waals surface area contributed by atoms with Gasteiger partial charge in [0, 0.05) is 17.9 Å². The summed E-state index contributed by atoms with van der Waals surface area (Å²) in [5, 5.41) is 5.19. The molecule has 0 radical (unpaired) electrons. The van der Waals surface area contributed by atoms with Gasteiger partial charge in [-0.15, -0.1) is 6.58 Å². The van der Waals surface area contributed by atoms with Gasteiger partial charge in [0.15, 0.2) is 0 Å². The van der Waals surface area contributed by atoms with Crippen molar-refractivity contribution in [3.63, 3.8) is 0 Å². The van der Waals surface area contributed by atoms with E-state index in [4.69, 9.17) is 0 Å². The van der Waals surface area contributed by atoms with Crippen LogP contribution in [-0.2, 0) is 10.0 Å². The first-order valence-electron chi connectivity index (χ1n) is 6.23. The van der Waals surface area contributed by atoms with Crippen LogP contribution in [0.2, 0.25) is 0 Å². The minimum absolute atomic E-state index is 0.0803. The fourth-order valence-electron chi connectivity index (χ4n) is 1.46. The zero-order valence-corrected chi connectivity index (χ0v) is 12.2. The van der Waals surface area contributed by atoms with Gasteiger partial charge in [-0.2, -0.15) is 0 Å². The van der Waals surface area contributed by atoms with E-state index in [2.05, 4.69) is 21.9 Å². The van der Waals surface area contributed by atoms with Gasteiger partial charge < -0.3 is 10.6 Å². The number of amides is 2. The van der Waals surface area contributed by atoms with Crippen molar-refractivity contribution >= 4 is 27.4 Å². The molecule has 0 unspecified atom stereocenters. The summed E-state index contributed by atoms with van der Waals surface area (Å²) >= 11 is 0. The summed E-state index contributed by atoms with van der Waals surface area (Å²) < 4.78 is 25.6. The van der Waals surface area contributed by atoms with Crippen molar-refractivity contribution in [2.24, 2.45) is 0 Å². The minimum Gasteiger partial charge on any atom is -0.334 e. The van der Waals surface area contributed by atoms with Gasteiger partial charge in [0.25, 0.3) is 0 Å². The molecule has 2 amide bonds. The molecule has 1 rings (SSSR count). The van der Waals surface area contributed by atoms with Gasteiger partial charge >= 0.3 is 6.03 Å². The first-order chi connectivity index (χ1) is 9.46. The zero-order valence-electron chi connectivity index (χ0n) is 11.3. The van der Waals surface area contributed by atoms with Crippen LogP contribution in [-0.4, -0.2) is 26.7 Å². The molecule has 0 aromatic heterocycles. The number of hydrogen-bond donors (Lipinski definition) is 3. The molecule has 0 spiro atoms. The Labute approximate surface area is 119 Å². The van der Waals surface area contributed by atoms with Crippen LogP contribution in [0.5, 0.6) is 0 Å². The van der Waals surface area contributed by atoms with E-state index >= 15 is 0 Å². The molecule has 3 N–H and O–H groups in total. The molecule has 6 nitrogen and oxygen atoms in total. The van der Waals surface area contributed by atoms with E-state index in [9.17, 15) is 13.2 Å². The number of sulfonamides is 1. The van der Waals surface area contributed by atoms with Crippen LogP contribution in [0.3, 0.4) is 0 Å². The second-order valence-electron chi connectivity index (χ2n) is 4.12. The molecule has 110 valence electrons. The highest BCUT2D eigenvalue weighted by atomic mass is 32.2. The van der Waals surface area contributed by atoms with Crippen LogP contribution in [0.4, 0.5) is 16.2 Å². The maximum Gasteiger partial charge on any atom is 0.319 e. The predicted octanol–water partition coefficient (Wildman–Crippen LogP) is 2.15. The smallest absolute Gasteiger partial charge is 0.319 e. The zero-order chi connectivity index (χ0) is 15.0. The summed E-state index contributed by atoms with van der Waals surface area (Å²) in [5.74, 6) is 0.0803. The van der Waals surface area contributed by atoms with Crippen molar-refractivity contribution in [3.05, 3.63) is 36.9 Å². The van der Waals surface area contributed by atoms with Gasteiger partial charge in [-0.25, -0.2) is 13.2 Å². The van der Waals surface area contributed by atoms with Gasteiger partial charge in [-0.1, -0.05) is 13.0 Å². The fourth-order valence-corrected chi connectivity index (χ4v) is 2.60. The van der Waals surface area contributed by atoms with Crippen molar-refractivity contribution < 1.29 is 13.2 Å². The van der Waals surface area contributed by atoms with E-state index in [0.717, 1.165) is 0 Å². The van der Waals surface area contributed by atoms with Gasteiger partial charge in [0.1, 0.15) is 0 Å². The predicted molar refractivity (Wildman–Crippen MR) is 81.4 cm³/mol. The summed E-state index contributed by atoms with van der Waals surface area (Å²) in [6, 6.07) is 6.09.